The maximum Gasteiger partial charge on any atom is 0.175 e. The Balaban J connectivity index is 1.90. The van der Waals surface area contributed by atoms with Crippen LogP contribution in [0.4, 0.5) is 4.39 Å². The first-order valence-electron chi connectivity index (χ1n) is 5.35. The van der Waals surface area contributed by atoms with Gasteiger partial charge >= 0.3 is 0 Å². The Morgan fingerprint density at radius 1 is 1.59 bits per heavy atom. The summed E-state index contributed by atoms with van der Waals surface area (Å²) in [6.07, 6.45) is 0.735. The van der Waals surface area contributed by atoms with E-state index in [1.807, 2.05) is 0 Å². The lowest BCUT2D eigenvalue weighted by Crippen LogP contribution is -2.21. The molecule has 5 heteroatoms. The van der Waals surface area contributed by atoms with Gasteiger partial charge in [-0.2, -0.15) is 0 Å². The Labute approximate surface area is 103 Å². The predicted molar refractivity (Wildman–Crippen MR) is 60.8 cm³/mol. The first kappa shape index (κ1) is 12.3. The van der Waals surface area contributed by atoms with Crippen LogP contribution in [-0.4, -0.2) is 25.6 Å². The van der Waals surface area contributed by atoms with Gasteiger partial charge in [-0.05, 0) is 24.6 Å². The molecule has 0 amide bonds. The molecule has 1 aliphatic heterocycles. The van der Waals surface area contributed by atoms with E-state index in [1.165, 1.54) is 12.1 Å². The molecule has 3 nitrogen and oxygen atoms in total. The van der Waals surface area contributed by atoms with E-state index in [0.29, 0.717) is 19.0 Å². The van der Waals surface area contributed by atoms with Crippen molar-refractivity contribution in [3.05, 3.63) is 29.0 Å². The molecule has 0 saturated carbocycles. The number of Topliss-reactive ketones (excluding diaryl/α,β-unsaturated/α-hetero) is 1. The zero-order valence-corrected chi connectivity index (χ0v) is 9.87. The minimum Gasteiger partial charge on any atom is -0.484 e. The summed E-state index contributed by atoms with van der Waals surface area (Å²) >= 11 is 5.77. The Kier molecular flexibility index (Phi) is 3.97. The molecule has 0 aromatic heterocycles. The van der Waals surface area contributed by atoms with Crippen molar-refractivity contribution in [1.82, 2.24) is 0 Å². The lowest BCUT2D eigenvalue weighted by atomic mass is 10.0. The van der Waals surface area contributed by atoms with Crippen molar-refractivity contribution in [2.75, 3.05) is 19.8 Å². The number of rotatable bonds is 4. The van der Waals surface area contributed by atoms with Crippen LogP contribution in [0.25, 0.3) is 0 Å². The second kappa shape index (κ2) is 5.47. The molecule has 1 aromatic carbocycles. The number of carbonyl (C=O) groups is 1. The van der Waals surface area contributed by atoms with Crippen molar-refractivity contribution in [1.29, 1.82) is 0 Å². The van der Waals surface area contributed by atoms with Gasteiger partial charge in [0, 0.05) is 12.5 Å². The molecule has 0 radical (unpaired) electrons. The Morgan fingerprint density at radius 3 is 3.06 bits per heavy atom. The highest BCUT2D eigenvalue weighted by molar-refractivity contribution is 6.32. The van der Waals surface area contributed by atoms with E-state index in [9.17, 15) is 9.18 Å². The van der Waals surface area contributed by atoms with Crippen LogP contribution in [0.5, 0.6) is 5.75 Å². The molecule has 1 heterocycles. The summed E-state index contributed by atoms with van der Waals surface area (Å²) in [5.74, 6) is -0.213. The normalized spacial score (nSPS) is 19.3. The summed E-state index contributed by atoms with van der Waals surface area (Å²) < 4.78 is 23.1. The number of hydrogen-bond donors (Lipinski definition) is 0. The highest BCUT2D eigenvalue weighted by Crippen LogP contribution is 2.25. The van der Waals surface area contributed by atoms with Gasteiger partial charge in [0.15, 0.2) is 5.78 Å². The van der Waals surface area contributed by atoms with Gasteiger partial charge in [0.1, 0.15) is 18.2 Å². The van der Waals surface area contributed by atoms with Crippen LogP contribution in [-0.2, 0) is 9.53 Å². The van der Waals surface area contributed by atoms with E-state index in [0.717, 1.165) is 12.5 Å². The van der Waals surface area contributed by atoms with Crippen molar-refractivity contribution in [2.45, 2.75) is 6.42 Å². The van der Waals surface area contributed by atoms with Crippen LogP contribution >= 0.6 is 11.6 Å². The van der Waals surface area contributed by atoms with Crippen molar-refractivity contribution >= 4 is 17.4 Å². The van der Waals surface area contributed by atoms with Crippen LogP contribution in [0.15, 0.2) is 18.2 Å². The fourth-order valence-electron chi connectivity index (χ4n) is 1.65. The highest BCUT2D eigenvalue weighted by Gasteiger charge is 2.23. The molecule has 0 bridgehead atoms. The van der Waals surface area contributed by atoms with Crippen LogP contribution in [0, 0.1) is 11.7 Å². The molecule has 1 atom stereocenters. The smallest absolute Gasteiger partial charge is 0.175 e. The van der Waals surface area contributed by atoms with E-state index in [4.69, 9.17) is 21.1 Å². The molecule has 1 saturated heterocycles. The molecule has 92 valence electrons. The molecule has 0 N–H and O–H groups in total. The summed E-state index contributed by atoms with van der Waals surface area (Å²) in [5, 5.41) is 0.167. The Hall–Kier alpha value is -1.13. The average Bonchev–Trinajstić information content (AvgIpc) is 2.81. The van der Waals surface area contributed by atoms with Crippen molar-refractivity contribution in [2.24, 2.45) is 5.92 Å². The van der Waals surface area contributed by atoms with Crippen LogP contribution in [0.1, 0.15) is 6.42 Å². The molecule has 0 spiro atoms. The van der Waals surface area contributed by atoms with Gasteiger partial charge in [-0.1, -0.05) is 11.6 Å². The van der Waals surface area contributed by atoms with E-state index in [-0.39, 0.29) is 23.3 Å². The van der Waals surface area contributed by atoms with E-state index < -0.39 is 5.82 Å². The van der Waals surface area contributed by atoms with E-state index in [1.54, 1.807) is 0 Å². The third-order valence-corrected chi connectivity index (χ3v) is 2.94. The minimum absolute atomic E-state index is 0.0112. The zero-order valence-electron chi connectivity index (χ0n) is 9.12. The van der Waals surface area contributed by atoms with Crippen LogP contribution < -0.4 is 4.74 Å². The van der Waals surface area contributed by atoms with Crippen molar-refractivity contribution in [3.8, 4) is 5.75 Å². The van der Waals surface area contributed by atoms with Gasteiger partial charge in [0.05, 0.1) is 11.6 Å². The molecule has 1 unspecified atom stereocenters. The van der Waals surface area contributed by atoms with Gasteiger partial charge in [-0.25, -0.2) is 4.39 Å². The van der Waals surface area contributed by atoms with Gasteiger partial charge in [-0.3, -0.25) is 4.79 Å². The maximum atomic E-state index is 12.8. The summed E-state index contributed by atoms with van der Waals surface area (Å²) in [6.45, 7) is 1.02. The lowest BCUT2D eigenvalue weighted by molar-refractivity contribution is -0.124. The fraction of sp³-hybridized carbons (Fsp3) is 0.417. The van der Waals surface area contributed by atoms with E-state index in [2.05, 4.69) is 0 Å². The van der Waals surface area contributed by atoms with Gasteiger partial charge in [0.2, 0.25) is 0 Å². The zero-order chi connectivity index (χ0) is 12.3. The first-order valence-corrected chi connectivity index (χ1v) is 5.73. The summed E-state index contributed by atoms with van der Waals surface area (Å²) in [4.78, 5) is 11.7. The van der Waals surface area contributed by atoms with Crippen LogP contribution in [0.2, 0.25) is 5.02 Å². The number of ether oxygens (including phenoxy) is 2. The highest BCUT2D eigenvalue weighted by atomic mass is 35.5. The standard InChI is InChI=1S/C12H12ClFO3/c13-10-5-9(14)1-2-12(10)17-7-11(15)8-3-4-16-6-8/h1-2,5,8H,3-4,6-7H2. The molecular weight excluding hydrogens is 247 g/mol. The predicted octanol–water partition coefficient (Wildman–Crippen LogP) is 2.46. The summed E-state index contributed by atoms with van der Waals surface area (Å²) in [5.41, 5.74) is 0. The average molecular weight is 259 g/mol. The van der Waals surface area contributed by atoms with Crippen LogP contribution in [0.3, 0.4) is 0 Å². The molecule has 1 fully saturated rings. The maximum absolute atomic E-state index is 12.8. The quantitative estimate of drug-likeness (QED) is 0.832. The van der Waals surface area contributed by atoms with Gasteiger partial charge < -0.3 is 9.47 Å². The van der Waals surface area contributed by atoms with Gasteiger partial charge in [-0.15, -0.1) is 0 Å². The summed E-state index contributed by atoms with van der Waals surface area (Å²) in [6, 6.07) is 3.81. The second-order valence-electron chi connectivity index (χ2n) is 3.89. The van der Waals surface area contributed by atoms with E-state index >= 15 is 0 Å². The topological polar surface area (TPSA) is 35.5 Å². The number of hydrogen-bond acceptors (Lipinski definition) is 3. The third-order valence-electron chi connectivity index (χ3n) is 2.65. The third kappa shape index (κ3) is 3.17. The summed E-state index contributed by atoms with van der Waals surface area (Å²) in [7, 11) is 0. The minimum atomic E-state index is -0.433. The first-order chi connectivity index (χ1) is 8.16. The number of halogens is 2. The second-order valence-corrected chi connectivity index (χ2v) is 4.30. The molecule has 17 heavy (non-hydrogen) atoms. The molecule has 1 aromatic rings. The monoisotopic (exact) mass is 258 g/mol. The Morgan fingerprint density at radius 2 is 2.41 bits per heavy atom. The SMILES string of the molecule is O=C(COc1ccc(F)cc1Cl)C1CCOC1. The van der Waals surface area contributed by atoms with Gasteiger partial charge in [0.25, 0.3) is 0 Å². The molecule has 0 aliphatic carbocycles. The largest absolute Gasteiger partial charge is 0.484 e. The lowest BCUT2D eigenvalue weighted by Gasteiger charge is -2.09. The number of carbonyl (C=O) groups excluding carboxylic acids is 1. The Bertz CT molecular complexity index is 416. The number of benzene rings is 1. The molecule has 2 rings (SSSR count). The molecular formula is C12H12ClFO3. The van der Waals surface area contributed by atoms with Crippen molar-refractivity contribution < 1.29 is 18.7 Å². The number of ketones is 1. The fourth-order valence-corrected chi connectivity index (χ4v) is 1.87. The molecule has 1 aliphatic rings. The van der Waals surface area contributed by atoms with Crippen molar-refractivity contribution in [3.63, 3.8) is 0 Å².